The minimum atomic E-state index is -0.198. The van der Waals surface area contributed by atoms with Gasteiger partial charge in [-0.05, 0) is 17.7 Å². The lowest BCUT2D eigenvalue weighted by atomic mass is 10.2. The Morgan fingerprint density at radius 1 is 1.05 bits per heavy atom. The fourth-order valence-corrected chi connectivity index (χ4v) is 2.05. The van der Waals surface area contributed by atoms with E-state index in [4.69, 9.17) is 0 Å². The molecular weight excluding hydrogens is 264 g/mol. The lowest BCUT2D eigenvalue weighted by Gasteiger charge is -2.08. The van der Waals surface area contributed by atoms with Crippen LogP contribution in [-0.4, -0.2) is 20.4 Å². The highest BCUT2D eigenvalue weighted by molar-refractivity contribution is 6.02. The van der Waals surface area contributed by atoms with Crippen molar-refractivity contribution in [1.29, 1.82) is 0 Å². The van der Waals surface area contributed by atoms with Crippen LogP contribution in [0.15, 0.2) is 67.4 Å². The van der Waals surface area contributed by atoms with Crippen LogP contribution in [0.1, 0.15) is 16.1 Å². The molecule has 0 bridgehead atoms. The van der Waals surface area contributed by atoms with Gasteiger partial charge >= 0.3 is 0 Å². The van der Waals surface area contributed by atoms with Gasteiger partial charge in [-0.1, -0.05) is 30.3 Å². The second kappa shape index (κ2) is 6.00. The van der Waals surface area contributed by atoms with Crippen molar-refractivity contribution in [3.05, 3.63) is 78.6 Å². The fourth-order valence-electron chi connectivity index (χ4n) is 2.05. The zero-order valence-corrected chi connectivity index (χ0v) is 11.3. The molecule has 1 N–H and O–H groups in total. The number of imidazole rings is 1. The number of aromatic nitrogens is 3. The molecule has 2 aromatic heterocycles. The molecule has 0 aliphatic rings. The second-order valence-electron chi connectivity index (χ2n) is 4.59. The molecule has 1 aromatic carbocycles. The van der Waals surface area contributed by atoms with Crippen molar-refractivity contribution in [1.82, 2.24) is 14.5 Å². The number of anilines is 1. The van der Waals surface area contributed by atoms with Crippen molar-refractivity contribution in [2.24, 2.45) is 0 Å². The smallest absolute Gasteiger partial charge is 0.273 e. The maximum atomic E-state index is 12.3. The maximum absolute atomic E-state index is 12.3. The highest BCUT2D eigenvalue weighted by atomic mass is 16.2. The first-order valence-electron chi connectivity index (χ1n) is 6.58. The van der Waals surface area contributed by atoms with E-state index in [0.717, 1.165) is 5.56 Å². The molecule has 0 aliphatic carbocycles. The minimum absolute atomic E-state index is 0.198. The van der Waals surface area contributed by atoms with Gasteiger partial charge in [-0.2, -0.15) is 0 Å². The van der Waals surface area contributed by atoms with Crippen LogP contribution in [0.3, 0.4) is 0 Å². The van der Waals surface area contributed by atoms with Gasteiger partial charge in [-0.3, -0.25) is 9.78 Å². The number of rotatable bonds is 4. The number of carbonyl (C=O) groups excluding carboxylic acids is 1. The van der Waals surface area contributed by atoms with E-state index in [-0.39, 0.29) is 5.91 Å². The van der Waals surface area contributed by atoms with Crippen LogP contribution in [-0.2, 0) is 6.54 Å². The molecule has 0 saturated carbocycles. The van der Waals surface area contributed by atoms with Gasteiger partial charge in [0.15, 0.2) is 0 Å². The summed E-state index contributed by atoms with van der Waals surface area (Å²) in [6.07, 6.45) is 6.49. The predicted octanol–water partition coefficient (Wildman–Crippen LogP) is 2.58. The van der Waals surface area contributed by atoms with E-state index < -0.39 is 0 Å². The number of benzene rings is 1. The first-order valence-corrected chi connectivity index (χ1v) is 6.58. The van der Waals surface area contributed by atoms with E-state index >= 15 is 0 Å². The van der Waals surface area contributed by atoms with Crippen molar-refractivity contribution in [2.45, 2.75) is 6.54 Å². The Bertz CT molecular complexity index is 722. The van der Waals surface area contributed by atoms with Gasteiger partial charge in [0.25, 0.3) is 5.91 Å². The second-order valence-corrected chi connectivity index (χ2v) is 4.59. The van der Waals surface area contributed by atoms with Crippen molar-refractivity contribution >= 4 is 11.6 Å². The summed E-state index contributed by atoms with van der Waals surface area (Å²) < 4.78 is 1.82. The van der Waals surface area contributed by atoms with Crippen molar-refractivity contribution in [3.8, 4) is 0 Å². The number of amides is 1. The quantitative estimate of drug-likeness (QED) is 0.798. The van der Waals surface area contributed by atoms with Crippen LogP contribution in [0.25, 0.3) is 0 Å². The molecule has 1 amide bonds. The van der Waals surface area contributed by atoms with Crippen molar-refractivity contribution < 1.29 is 4.79 Å². The average molecular weight is 278 g/mol. The van der Waals surface area contributed by atoms with Gasteiger partial charge in [0.05, 0.1) is 24.4 Å². The number of nitrogens with zero attached hydrogens (tertiary/aromatic N) is 3. The Morgan fingerprint density at radius 2 is 1.90 bits per heavy atom. The first-order chi connectivity index (χ1) is 10.3. The molecule has 0 radical (unpaired) electrons. The van der Waals surface area contributed by atoms with Crippen LogP contribution in [0.4, 0.5) is 5.69 Å². The summed E-state index contributed by atoms with van der Waals surface area (Å²) in [5.41, 5.74) is 2.29. The molecule has 5 heteroatoms. The lowest BCUT2D eigenvalue weighted by molar-refractivity contribution is 0.101. The number of carbonyl (C=O) groups is 1. The Balaban J connectivity index is 1.77. The number of pyridine rings is 1. The third-order valence-electron chi connectivity index (χ3n) is 3.06. The van der Waals surface area contributed by atoms with Crippen molar-refractivity contribution in [3.63, 3.8) is 0 Å². The van der Waals surface area contributed by atoms with Crippen LogP contribution in [0.2, 0.25) is 0 Å². The summed E-state index contributed by atoms with van der Waals surface area (Å²) >= 11 is 0. The summed E-state index contributed by atoms with van der Waals surface area (Å²) in [5, 5.41) is 2.81. The molecule has 2 heterocycles. The van der Waals surface area contributed by atoms with Gasteiger partial charge in [0.1, 0.15) is 5.69 Å². The summed E-state index contributed by atoms with van der Waals surface area (Å²) in [7, 11) is 0. The zero-order chi connectivity index (χ0) is 14.5. The largest absolute Gasteiger partial charge is 0.322 e. The summed E-state index contributed by atoms with van der Waals surface area (Å²) in [6.45, 7) is 0.608. The molecule has 104 valence electrons. The third-order valence-corrected chi connectivity index (χ3v) is 3.06. The molecule has 5 nitrogen and oxygen atoms in total. The fraction of sp³-hybridized carbons (Fsp3) is 0.0625. The molecule has 3 aromatic rings. The first kappa shape index (κ1) is 13.1. The van der Waals surface area contributed by atoms with Crippen LogP contribution in [0.5, 0.6) is 0 Å². The van der Waals surface area contributed by atoms with Crippen LogP contribution in [0, 0.1) is 0 Å². The molecule has 0 aliphatic heterocycles. The van der Waals surface area contributed by atoms with Gasteiger partial charge in [0, 0.05) is 12.7 Å². The van der Waals surface area contributed by atoms with E-state index in [0.29, 0.717) is 17.9 Å². The molecule has 0 saturated heterocycles. The standard InChI is InChI=1S/C16H14N4O/c21-16(19-14-7-4-8-17-9-14)15-10-18-12-20(15)11-13-5-2-1-3-6-13/h1-10,12H,11H2,(H,19,21). The van der Waals surface area contributed by atoms with Crippen LogP contribution < -0.4 is 5.32 Å². The zero-order valence-electron chi connectivity index (χ0n) is 11.3. The Labute approximate surface area is 122 Å². The highest BCUT2D eigenvalue weighted by Crippen LogP contribution is 2.09. The molecule has 0 atom stereocenters. The highest BCUT2D eigenvalue weighted by Gasteiger charge is 2.12. The number of nitrogens with one attached hydrogen (secondary N) is 1. The summed E-state index contributed by atoms with van der Waals surface area (Å²) in [6, 6.07) is 13.5. The molecule has 3 rings (SSSR count). The molecule has 0 spiro atoms. The Hall–Kier alpha value is -2.95. The average Bonchev–Trinajstić information content (AvgIpc) is 2.97. The van der Waals surface area contributed by atoms with Crippen molar-refractivity contribution in [2.75, 3.05) is 5.32 Å². The van der Waals surface area contributed by atoms with E-state index in [1.807, 2.05) is 34.9 Å². The van der Waals surface area contributed by atoms with Gasteiger partial charge in [0.2, 0.25) is 0 Å². The molecule has 21 heavy (non-hydrogen) atoms. The van der Waals surface area contributed by atoms with E-state index in [9.17, 15) is 4.79 Å². The van der Waals surface area contributed by atoms with Gasteiger partial charge in [-0.25, -0.2) is 4.98 Å². The SMILES string of the molecule is O=C(Nc1cccnc1)c1cncn1Cc1ccccc1. The summed E-state index contributed by atoms with van der Waals surface area (Å²) in [5.74, 6) is -0.198. The molecule has 0 unspecified atom stereocenters. The summed E-state index contributed by atoms with van der Waals surface area (Å²) in [4.78, 5) is 20.3. The van der Waals surface area contributed by atoms with E-state index in [1.165, 1.54) is 0 Å². The van der Waals surface area contributed by atoms with Gasteiger partial charge < -0.3 is 9.88 Å². The Kier molecular flexibility index (Phi) is 3.73. The molecular formula is C16H14N4O. The van der Waals surface area contributed by atoms with Gasteiger partial charge in [-0.15, -0.1) is 0 Å². The lowest BCUT2D eigenvalue weighted by Crippen LogP contribution is -2.17. The maximum Gasteiger partial charge on any atom is 0.273 e. The minimum Gasteiger partial charge on any atom is -0.322 e. The van der Waals surface area contributed by atoms with E-state index in [2.05, 4.69) is 15.3 Å². The Morgan fingerprint density at radius 3 is 2.67 bits per heavy atom. The number of hydrogen-bond acceptors (Lipinski definition) is 3. The van der Waals surface area contributed by atoms with Crippen LogP contribution >= 0.6 is 0 Å². The third kappa shape index (κ3) is 3.14. The molecule has 0 fully saturated rings. The predicted molar refractivity (Wildman–Crippen MR) is 80.0 cm³/mol. The topological polar surface area (TPSA) is 59.8 Å². The monoisotopic (exact) mass is 278 g/mol. The van der Waals surface area contributed by atoms with E-state index in [1.54, 1.807) is 37.1 Å². The number of hydrogen-bond donors (Lipinski definition) is 1. The normalized spacial score (nSPS) is 10.3.